The lowest BCUT2D eigenvalue weighted by Gasteiger charge is -2.37. The molecule has 2 aliphatic rings. The van der Waals surface area contributed by atoms with Gasteiger partial charge in [-0.3, -0.25) is 14.6 Å². The van der Waals surface area contributed by atoms with Crippen molar-refractivity contribution < 1.29 is 4.79 Å². The first kappa shape index (κ1) is 14.3. The molecule has 2 heterocycles. The zero-order valence-corrected chi connectivity index (χ0v) is 11.8. The molecule has 2 saturated heterocycles. The SMILES string of the molecule is C=CCN(CC=C)C(=O)CN1CCN2CCC[C@@H]2C1. The van der Waals surface area contributed by atoms with Crippen LogP contribution in [0.1, 0.15) is 12.8 Å². The van der Waals surface area contributed by atoms with Crippen molar-refractivity contribution >= 4 is 5.91 Å². The highest BCUT2D eigenvalue weighted by molar-refractivity contribution is 5.78. The third-order valence-corrected chi connectivity index (χ3v) is 4.08. The monoisotopic (exact) mass is 263 g/mol. The van der Waals surface area contributed by atoms with E-state index >= 15 is 0 Å². The van der Waals surface area contributed by atoms with Crippen molar-refractivity contribution in [2.45, 2.75) is 18.9 Å². The maximum Gasteiger partial charge on any atom is 0.237 e. The number of hydrogen-bond acceptors (Lipinski definition) is 3. The summed E-state index contributed by atoms with van der Waals surface area (Å²) in [6.45, 7) is 13.6. The topological polar surface area (TPSA) is 26.8 Å². The number of carbonyl (C=O) groups excluding carboxylic acids is 1. The molecule has 2 rings (SSSR count). The van der Waals surface area contributed by atoms with Crippen molar-refractivity contribution in [3.05, 3.63) is 25.3 Å². The van der Waals surface area contributed by atoms with Gasteiger partial charge in [0, 0.05) is 38.8 Å². The van der Waals surface area contributed by atoms with E-state index in [-0.39, 0.29) is 5.91 Å². The van der Waals surface area contributed by atoms with Gasteiger partial charge >= 0.3 is 0 Å². The van der Waals surface area contributed by atoms with E-state index in [1.54, 1.807) is 17.1 Å². The number of nitrogens with zero attached hydrogens (tertiary/aromatic N) is 3. The molecule has 0 aliphatic carbocycles. The molecule has 4 nitrogen and oxygen atoms in total. The molecular formula is C15H25N3O. The van der Waals surface area contributed by atoms with Gasteiger partial charge in [0.25, 0.3) is 0 Å². The summed E-state index contributed by atoms with van der Waals surface area (Å²) in [6.07, 6.45) is 6.14. The van der Waals surface area contributed by atoms with Crippen LogP contribution in [0.5, 0.6) is 0 Å². The molecule has 106 valence electrons. The van der Waals surface area contributed by atoms with Crippen LogP contribution in [0.4, 0.5) is 0 Å². The van der Waals surface area contributed by atoms with Crippen LogP contribution in [-0.4, -0.2) is 72.5 Å². The number of rotatable bonds is 6. The van der Waals surface area contributed by atoms with Gasteiger partial charge in [0.05, 0.1) is 6.54 Å². The Balaban J connectivity index is 1.83. The smallest absolute Gasteiger partial charge is 0.237 e. The number of fused-ring (bicyclic) bond motifs is 1. The normalized spacial score (nSPS) is 23.9. The second kappa shape index (κ2) is 6.87. The third kappa shape index (κ3) is 3.67. The van der Waals surface area contributed by atoms with Crippen LogP contribution >= 0.6 is 0 Å². The molecule has 0 aromatic carbocycles. The standard InChI is InChI=1S/C15H25N3O/c1-3-7-18(8-4-2)15(19)13-16-10-11-17-9-5-6-14(17)12-16/h3-4,14H,1-2,5-13H2/t14-/m1/s1. The summed E-state index contributed by atoms with van der Waals surface area (Å²) in [7, 11) is 0. The molecule has 0 bridgehead atoms. The lowest BCUT2D eigenvalue weighted by molar-refractivity contribution is -0.132. The van der Waals surface area contributed by atoms with E-state index in [1.807, 2.05) is 0 Å². The van der Waals surface area contributed by atoms with E-state index in [9.17, 15) is 4.79 Å². The molecule has 1 atom stereocenters. The molecule has 0 saturated carbocycles. The Morgan fingerprint density at radius 2 is 1.95 bits per heavy atom. The van der Waals surface area contributed by atoms with Crippen LogP contribution in [-0.2, 0) is 4.79 Å². The highest BCUT2D eigenvalue weighted by atomic mass is 16.2. The van der Waals surface area contributed by atoms with E-state index in [1.165, 1.54) is 19.4 Å². The Kier molecular flexibility index (Phi) is 5.16. The van der Waals surface area contributed by atoms with Crippen LogP contribution in [0.3, 0.4) is 0 Å². The van der Waals surface area contributed by atoms with Gasteiger partial charge in [-0.25, -0.2) is 0 Å². The Morgan fingerprint density at radius 1 is 1.21 bits per heavy atom. The fourth-order valence-electron chi connectivity index (χ4n) is 3.08. The molecule has 0 aromatic rings. The average molecular weight is 263 g/mol. The highest BCUT2D eigenvalue weighted by Crippen LogP contribution is 2.21. The summed E-state index contributed by atoms with van der Waals surface area (Å²) in [4.78, 5) is 18.9. The van der Waals surface area contributed by atoms with E-state index in [0.29, 0.717) is 25.7 Å². The van der Waals surface area contributed by atoms with Gasteiger partial charge in [-0.2, -0.15) is 0 Å². The molecule has 0 aromatic heterocycles. The van der Waals surface area contributed by atoms with Gasteiger partial charge < -0.3 is 4.90 Å². The summed E-state index contributed by atoms with van der Waals surface area (Å²) in [5.41, 5.74) is 0. The van der Waals surface area contributed by atoms with Gasteiger partial charge in [0.2, 0.25) is 5.91 Å². The molecule has 0 unspecified atom stereocenters. The first-order valence-corrected chi connectivity index (χ1v) is 7.20. The Bertz CT molecular complexity index is 332. The molecule has 19 heavy (non-hydrogen) atoms. The minimum atomic E-state index is 0.186. The van der Waals surface area contributed by atoms with E-state index < -0.39 is 0 Å². The van der Waals surface area contributed by atoms with Crippen LogP contribution in [0.2, 0.25) is 0 Å². The Labute approximate surface area is 116 Å². The van der Waals surface area contributed by atoms with Gasteiger partial charge in [-0.1, -0.05) is 12.2 Å². The molecular weight excluding hydrogens is 238 g/mol. The molecule has 0 radical (unpaired) electrons. The first-order chi connectivity index (χ1) is 9.24. The summed E-state index contributed by atoms with van der Waals surface area (Å²) < 4.78 is 0. The lowest BCUT2D eigenvalue weighted by Crippen LogP contribution is -2.52. The van der Waals surface area contributed by atoms with E-state index in [0.717, 1.165) is 19.6 Å². The second-order valence-electron chi connectivity index (χ2n) is 5.44. The van der Waals surface area contributed by atoms with Crippen molar-refractivity contribution in [1.29, 1.82) is 0 Å². The van der Waals surface area contributed by atoms with Gasteiger partial charge in [0.1, 0.15) is 0 Å². The molecule has 2 fully saturated rings. The lowest BCUT2D eigenvalue weighted by atomic mass is 10.1. The maximum absolute atomic E-state index is 12.3. The van der Waals surface area contributed by atoms with Crippen molar-refractivity contribution in [1.82, 2.24) is 14.7 Å². The number of piperazine rings is 1. The van der Waals surface area contributed by atoms with Crippen molar-refractivity contribution in [2.75, 3.05) is 45.8 Å². The maximum atomic E-state index is 12.3. The van der Waals surface area contributed by atoms with Gasteiger partial charge in [-0.05, 0) is 19.4 Å². The van der Waals surface area contributed by atoms with Crippen LogP contribution in [0.15, 0.2) is 25.3 Å². The molecule has 2 aliphatic heterocycles. The van der Waals surface area contributed by atoms with Crippen molar-refractivity contribution in [2.24, 2.45) is 0 Å². The number of carbonyl (C=O) groups is 1. The predicted octanol–water partition coefficient (Wildman–Crippen LogP) is 0.967. The second-order valence-corrected chi connectivity index (χ2v) is 5.44. The van der Waals surface area contributed by atoms with Crippen LogP contribution in [0, 0.1) is 0 Å². The summed E-state index contributed by atoms with van der Waals surface area (Å²) in [5.74, 6) is 0.186. The summed E-state index contributed by atoms with van der Waals surface area (Å²) in [6, 6.07) is 0.675. The minimum absolute atomic E-state index is 0.186. The van der Waals surface area contributed by atoms with E-state index in [4.69, 9.17) is 0 Å². The van der Waals surface area contributed by atoms with Crippen molar-refractivity contribution in [3.63, 3.8) is 0 Å². The summed E-state index contributed by atoms with van der Waals surface area (Å²) >= 11 is 0. The van der Waals surface area contributed by atoms with Gasteiger partial charge in [-0.15, -0.1) is 13.2 Å². The molecule has 0 N–H and O–H groups in total. The Hall–Kier alpha value is -1.13. The van der Waals surface area contributed by atoms with Crippen molar-refractivity contribution in [3.8, 4) is 0 Å². The first-order valence-electron chi connectivity index (χ1n) is 7.20. The minimum Gasteiger partial charge on any atom is -0.334 e. The van der Waals surface area contributed by atoms with E-state index in [2.05, 4.69) is 23.0 Å². The third-order valence-electron chi connectivity index (χ3n) is 4.08. The fourth-order valence-corrected chi connectivity index (χ4v) is 3.08. The summed E-state index contributed by atoms with van der Waals surface area (Å²) in [5, 5.41) is 0. The molecule has 4 heteroatoms. The molecule has 0 spiro atoms. The highest BCUT2D eigenvalue weighted by Gasteiger charge is 2.31. The Morgan fingerprint density at radius 3 is 2.63 bits per heavy atom. The number of hydrogen-bond donors (Lipinski definition) is 0. The predicted molar refractivity (Wildman–Crippen MR) is 78.0 cm³/mol. The fraction of sp³-hybridized carbons (Fsp3) is 0.667. The van der Waals surface area contributed by atoms with Crippen LogP contribution < -0.4 is 0 Å². The largest absolute Gasteiger partial charge is 0.334 e. The van der Waals surface area contributed by atoms with Gasteiger partial charge in [0.15, 0.2) is 0 Å². The average Bonchev–Trinajstić information content (AvgIpc) is 2.86. The zero-order valence-electron chi connectivity index (χ0n) is 11.8. The quantitative estimate of drug-likeness (QED) is 0.668. The number of amides is 1. The van der Waals surface area contributed by atoms with Crippen LogP contribution in [0.25, 0.3) is 0 Å². The zero-order chi connectivity index (χ0) is 13.7. The molecule has 1 amide bonds.